The largest absolute Gasteiger partial charge is 0.396 e. The molecule has 1 aromatic carbocycles. The van der Waals surface area contributed by atoms with E-state index in [9.17, 15) is 10.1 Å². The highest BCUT2D eigenvalue weighted by atomic mass is 16.6. The topological polar surface area (TPSA) is 92.6 Å². The zero-order chi connectivity index (χ0) is 13.8. The molecule has 19 heavy (non-hydrogen) atoms. The van der Waals surface area contributed by atoms with E-state index in [4.69, 9.17) is 10.8 Å². The van der Waals surface area contributed by atoms with Crippen LogP contribution in [-0.2, 0) is 6.54 Å². The van der Waals surface area contributed by atoms with Crippen LogP contribution < -0.4 is 5.73 Å². The third kappa shape index (κ3) is 3.21. The summed E-state index contributed by atoms with van der Waals surface area (Å²) in [5.74, 6) is 0.388. The van der Waals surface area contributed by atoms with Crippen molar-refractivity contribution in [3.05, 3.63) is 33.9 Å². The lowest BCUT2D eigenvalue weighted by Gasteiger charge is -2.31. The van der Waals surface area contributed by atoms with Gasteiger partial charge in [0.2, 0.25) is 0 Å². The molecule has 1 saturated heterocycles. The molecule has 0 bridgehead atoms. The second-order valence-corrected chi connectivity index (χ2v) is 5.01. The van der Waals surface area contributed by atoms with E-state index < -0.39 is 4.92 Å². The Morgan fingerprint density at radius 2 is 2.11 bits per heavy atom. The SMILES string of the molecule is Nc1c(CN2CCC(CO)CC2)cccc1[N+](=O)[O-]. The summed E-state index contributed by atoms with van der Waals surface area (Å²) in [6, 6.07) is 4.93. The van der Waals surface area contributed by atoms with Crippen LogP contribution in [0.2, 0.25) is 0 Å². The molecule has 2 rings (SSSR count). The third-order valence-corrected chi connectivity index (χ3v) is 3.73. The van der Waals surface area contributed by atoms with Crippen molar-refractivity contribution in [2.75, 3.05) is 25.4 Å². The third-order valence-electron chi connectivity index (χ3n) is 3.73. The molecular weight excluding hydrogens is 246 g/mol. The average molecular weight is 265 g/mol. The molecule has 1 heterocycles. The van der Waals surface area contributed by atoms with Crippen LogP contribution in [0.5, 0.6) is 0 Å². The lowest BCUT2D eigenvalue weighted by atomic mass is 9.97. The van der Waals surface area contributed by atoms with Crippen molar-refractivity contribution < 1.29 is 10.0 Å². The van der Waals surface area contributed by atoms with Gasteiger partial charge in [0, 0.05) is 19.2 Å². The molecule has 6 heteroatoms. The van der Waals surface area contributed by atoms with Gasteiger partial charge in [0.05, 0.1) is 4.92 Å². The molecule has 1 aliphatic heterocycles. The molecule has 0 aromatic heterocycles. The van der Waals surface area contributed by atoms with E-state index in [1.165, 1.54) is 6.07 Å². The van der Waals surface area contributed by atoms with Gasteiger partial charge in [-0.15, -0.1) is 0 Å². The summed E-state index contributed by atoms with van der Waals surface area (Å²) in [4.78, 5) is 12.6. The number of nitrogen functional groups attached to an aromatic ring is 1. The van der Waals surface area contributed by atoms with Gasteiger partial charge in [-0.05, 0) is 37.4 Å². The van der Waals surface area contributed by atoms with Crippen LogP contribution in [0.4, 0.5) is 11.4 Å². The molecule has 3 N–H and O–H groups in total. The Labute approximate surface area is 112 Å². The number of aliphatic hydroxyl groups excluding tert-OH is 1. The highest BCUT2D eigenvalue weighted by Gasteiger charge is 2.21. The van der Waals surface area contributed by atoms with Crippen molar-refractivity contribution in [3.8, 4) is 0 Å². The number of para-hydroxylation sites is 1. The zero-order valence-corrected chi connectivity index (χ0v) is 10.8. The summed E-state index contributed by atoms with van der Waals surface area (Å²) in [5, 5.41) is 19.9. The number of likely N-dealkylation sites (tertiary alicyclic amines) is 1. The Bertz CT molecular complexity index is 456. The fourth-order valence-corrected chi connectivity index (χ4v) is 2.46. The van der Waals surface area contributed by atoms with Crippen LogP contribution in [0.25, 0.3) is 0 Å². The molecule has 0 unspecified atom stereocenters. The van der Waals surface area contributed by atoms with Gasteiger partial charge in [-0.2, -0.15) is 0 Å². The first-order valence-electron chi connectivity index (χ1n) is 6.46. The minimum atomic E-state index is -0.448. The number of piperidine rings is 1. The molecule has 0 spiro atoms. The molecule has 1 aliphatic rings. The molecule has 0 aliphatic carbocycles. The molecule has 0 atom stereocenters. The fourth-order valence-electron chi connectivity index (χ4n) is 2.46. The second-order valence-electron chi connectivity index (χ2n) is 5.01. The van der Waals surface area contributed by atoms with Crippen molar-refractivity contribution in [2.24, 2.45) is 5.92 Å². The summed E-state index contributed by atoms with van der Waals surface area (Å²) in [6.45, 7) is 2.67. The van der Waals surface area contributed by atoms with Crippen molar-refractivity contribution >= 4 is 11.4 Å². The van der Waals surface area contributed by atoms with Crippen LogP contribution in [0.1, 0.15) is 18.4 Å². The molecule has 1 aromatic rings. The average Bonchev–Trinajstić information content (AvgIpc) is 2.41. The summed E-state index contributed by atoms with van der Waals surface area (Å²) < 4.78 is 0. The van der Waals surface area contributed by atoms with Gasteiger partial charge < -0.3 is 10.8 Å². The molecule has 0 amide bonds. The Morgan fingerprint density at radius 1 is 1.42 bits per heavy atom. The molecule has 0 saturated carbocycles. The minimum absolute atomic E-state index is 0.0252. The van der Waals surface area contributed by atoms with Crippen LogP contribution in [0.15, 0.2) is 18.2 Å². The maximum Gasteiger partial charge on any atom is 0.292 e. The lowest BCUT2D eigenvalue weighted by molar-refractivity contribution is -0.384. The maximum absolute atomic E-state index is 10.8. The van der Waals surface area contributed by atoms with Gasteiger partial charge in [-0.3, -0.25) is 15.0 Å². The number of nitro benzene ring substituents is 1. The van der Waals surface area contributed by atoms with Crippen LogP contribution in [-0.4, -0.2) is 34.6 Å². The van der Waals surface area contributed by atoms with Crippen molar-refractivity contribution in [1.82, 2.24) is 4.90 Å². The van der Waals surface area contributed by atoms with Gasteiger partial charge in [0.25, 0.3) is 5.69 Å². The molecular formula is C13H19N3O3. The highest BCUT2D eigenvalue weighted by Crippen LogP contribution is 2.27. The van der Waals surface area contributed by atoms with E-state index in [1.807, 2.05) is 6.07 Å². The predicted molar refractivity (Wildman–Crippen MR) is 72.6 cm³/mol. The number of rotatable bonds is 4. The van der Waals surface area contributed by atoms with E-state index in [-0.39, 0.29) is 18.0 Å². The molecule has 0 radical (unpaired) electrons. The Balaban J connectivity index is 2.04. The number of hydrogen-bond donors (Lipinski definition) is 2. The summed E-state index contributed by atoms with van der Waals surface area (Å²) >= 11 is 0. The van der Waals surface area contributed by atoms with Crippen molar-refractivity contribution in [2.45, 2.75) is 19.4 Å². The summed E-state index contributed by atoms with van der Waals surface area (Å²) in [5.41, 5.74) is 6.88. The van der Waals surface area contributed by atoms with E-state index in [1.54, 1.807) is 6.07 Å². The first kappa shape index (κ1) is 13.8. The number of anilines is 1. The molecule has 6 nitrogen and oxygen atoms in total. The second kappa shape index (κ2) is 5.99. The number of benzene rings is 1. The predicted octanol–water partition coefficient (Wildman–Crippen LogP) is 1.38. The summed E-state index contributed by atoms with van der Waals surface area (Å²) in [7, 11) is 0. The highest BCUT2D eigenvalue weighted by molar-refractivity contribution is 5.62. The number of nitro groups is 1. The van der Waals surface area contributed by atoms with Gasteiger partial charge in [-0.25, -0.2) is 0 Å². The minimum Gasteiger partial charge on any atom is -0.396 e. The van der Waals surface area contributed by atoms with Gasteiger partial charge in [0.15, 0.2) is 0 Å². The number of nitrogens with two attached hydrogens (primary N) is 1. The summed E-state index contributed by atoms with van der Waals surface area (Å²) in [6.07, 6.45) is 1.93. The van der Waals surface area contributed by atoms with Gasteiger partial charge in [-0.1, -0.05) is 12.1 Å². The smallest absolute Gasteiger partial charge is 0.292 e. The first-order valence-corrected chi connectivity index (χ1v) is 6.46. The monoisotopic (exact) mass is 265 g/mol. The van der Waals surface area contributed by atoms with Crippen molar-refractivity contribution in [1.29, 1.82) is 0 Å². The van der Waals surface area contributed by atoms with E-state index >= 15 is 0 Å². The maximum atomic E-state index is 10.8. The van der Waals surface area contributed by atoms with E-state index in [0.717, 1.165) is 31.5 Å². The first-order chi connectivity index (χ1) is 9.11. The Kier molecular flexibility index (Phi) is 4.34. The van der Waals surface area contributed by atoms with E-state index in [0.29, 0.717) is 12.5 Å². The number of hydrogen-bond acceptors (Lipinski definition) is 5. The van der Waals surface area contributed by atoms with Crippen LogP contribution in [0.3, 0.4) is 0 Å². The zero-order valence-electron chi connectivity index (χ0n) is 10.8. The quantitative estimate of drug-likeness (QED) is 0.487. The Hall–Kier alpha value is -1.66. The normalized spacial score (nSPS) is 17.5. The van der Waals surface area contributed by atoms with Gasteiger partial charge >= 0.3 is 0 Å². The van der Waals surface area contributed by atoms with Crippen molar-refractivity contribution in [3.63, 3.8) is 0 Å². The molecule has 1 fully saturated rings. The van der Waals surface area contributed by atoms with Crippen LogP contribution >= 0.6 is 0 Å². The Morgan fingerprint density at radius 3 is 2.68 bits per heavy atom. The lowest BCUT2D eigenvalue weighted by Crippen LogP contribution is -2.34. The fraction of sp³-hybridized carbons (Fsp3) is 0.538. The van der Waals surface area contributed by atoms with Gasteiger partial charge in [0.1, 0.15) is 5.69 Å². The number of aliphatic hydroxyl groups is 1. The van der Waals surface area contributed by atoms with E-state index in [2.05, 4.69) is 4.90 Å². The van der Waals surface area contributed by atoms with Crippen LogP contribution in [0, 0.1) is 16.0 Å². The molecule has 104 valence electrons. The standard InChI is InChI=1S/C13H19N3O3/c14-13-11(2-1-3-12(13)16(18)19)8-15-6-4-10(9-17)5-7-15/h1-3,10,17H,4-9,14H2. The number of nitrogens with zero attached hydrogens (tertiary/aromatic N) is 2.